The molecule has 104 valence electrons. The normalized spacial score (nSPS) is 16.8. The number of hydrogen-bond acceptors (Lipinski definition) is 3. The van der Waals surface area contributed by atoms with Gasteiger partial charge >= 0.3 is 0 Å². The average molecular weight is 262 g/mol. The zero-order valence-electron chi connectivity index (χ0n) is 11.4. The number of carbonyl (C=O) groups excluding carboxylic acids is 1. The van der Waals surface area contributed by atoms with Crippen LogP contribution >= 0.6 is 0 Å². The van der Waals surface area contributed by atoms with Gasteiger partial charge in [0.15, 0.2) is 0 Å². The molecule has 0 aromatic heterocycles. The minimum absolute atomic E-state index is 0.0623. The van der Waals surface area contributed by atoms with Crippen molar-refractivity contribution in [3.63, 3.8) is 0 Å². The van der Waals surface area contributed by atoms with Crippen LogP contribution in [-0.2, 0) is 9.53 Å². The fourth-order valence-electron chi connectivity index (χ4n) is 2.27. The number of rotatable bonds is 7. The molecule has 1 heterocycles. The Morgan fingerprint density at radius 1 is 1.42 bits per heavy atom. The summed E-state index contributed by atoms with van der Waals surface area (Å²) >= 11 is 0. The number of nitrogens with one attached hydrogen (secondary N) is 2. The highest BCUT2D eigenvalue weighted by atomic mass is 16.5. The molecule has 1 unspecified atom stereocenters. The third kappa shape index (κ3) is 3.70. The molecule has 0 saturated heterocycles. The van der Waals surface area contributed by atoms with Gasteiger partial charge in [-0.2, -0.15) is 0 Å². The van der Waals surface area contributed by atoms with Crippen LogP contribution in [0.2, 0.25) is 0 Å². The summed E-state index contributed by atoms with van der Waals surface area (Å²) in [5.74, 6) is 0.0423. The Hall–Kier alpha value is -1.55. The molecule has 1 amide bonds. The van der Waals surface area contributed by atoms with Crippen LogP contribution in [0.5, 0.6) is 0 Å². The Balaban J connectivity index is 1.73. The van der Waals surface area contributed by atoms with E-state index >= 15 is 0 Å². The van der Waals surface area contributed by atoms with E-state index in [4.69, 9.17) is 4.74 Å². The molecule has 1 aliphatic rings. The number of anilines is 1. The summed E-state index contributed by atoms with van der Waals surface area (Å²) in [6.45, 7) is 4.98. The SMILES string of the molecule is CCCOCCCNC(=O)C1CNc2ccccc21. The summed E-state index contributed by atoms with van der Waals surface area (Å²) in [6, 6.07) is 7.99. The average Bonchev–Trinajstić information content (AvgIpc) is 2.86. The number of amides is 1. The molecule has 1 atom stereocenters. The van der Waals surface area contributed by atoms with E-state index in [0.717, 1.165) is 30.7 Å². The maximum atomic E-state index is 12.1. The van der Waals surface area contributed by atoms with Gasteiger partial charge in [-0.05, 0) is 24.5 Å². The van der Waals surface area contributed by atoms with Crippen LogP contribution in [0, 0.1) is 0 Å². The highest BCUT2D eigenvalue weighted by Crippen LogP contribution is 2.30. The van der Waals surface area contributed by atoms with Gasteiger partial charge < -0.3 is 15.4 Å². The van der Waals surface area contributed by atoms with Gasteiger partial charge in [-0.25, -0.2) is 0 Å². The topological polar surface area (TPSA) is 50.4 Å². The maximum absolute atomic E-state index is 12.1. The Kier molecular flexibility index (Phi) is 5.21. The maximum Gasteiger partial charge on any atom is 0.229 e. The first-order valence-corrected chi connectivity index (χ1v) is 7.01. The van der Waals surface area contributed by atoms with Crippen LogP contribution in [0.3, 0.4) is 0 Å². The highest BCUT2D eigenvalue weighted by Gasteiger charge is 2.27. The minimum Gasteiger partial charge on any atom is -0.384 e. The Morgan fingerprint density at radius 3 is 3.11 bits per heavy atom. The first kappa shape index (κ1) is 13.9. The lowest BCUT2D eigenvalue weighted by atomic mass is 10.0. The van der Waals surface area contributed by atoms with E-state index in [1.807, 2.05) is 24.3 Å². The first-order chi connectivity index (χ1) is 9.33. The van der Waals surface area contributed by atoms with E-state index in [2.05, 4.69) is 17.6 Å². The van der Waals surface area contributed by atoms with Gasteiger partial charge in [0.25, 0.3) is 0 Å². The van der Waals surface area contributed by atoms with Gasteiger partial charge in [-0.15, -0.1) is 0 Å². The fraction of sp³-hybridized carbons (Fsp3) is 0.533. The molecule has 0 saturated carbocycles. The molecule has 0 radical (unpaired) electrons. The van der Waals surface area contributed by atoms with Gasteiger partial charge in [0, 0.05) is 32.0 Å². The van der Waals surface area contributed by atoms with E-state index in [1.165, 1.54) is 0 Å². The molecule has 0 bridgehead atoms. The second-order valence-electron chi connectivity index (χ2n) is 4.78. The fourth-order valence-corrected chi connectivity index (χ4v) is 2.27. The second kappa shape index (κ2) is 7.14. The third-order valence-electron chi connectivity index (χ3n) is 3.26. The summed E-state index contributed by atoms with van der Waals surface area (Å²) < 4.78 is 5.38. The zero-order chi connectivity index (χ0) is 13.5. The van der Waals surface area contributed by atoms with Crippen molar-refractivity contribution in [3.8, 4) is 0 Å². The molecule has 2 N–H and O–H groups in total. The molecule has 1 aromatic carbocycles. The van der Waals surface area contributed by atoms with Crippen LogP contribution < -0.4 is 10.6 Å². The van der Waals surface area contributed by atoms with Crippen molar-refractivity contribution in [2.24, 2.45) is 0 Å². The van der Waals surface area contributed by atoms with Crippen molar-refractivity contribution in [2.75, 3.05) is 31.6 Å². The van der Waals surface area contributed by atoms with Gasteiger partial charge in [0.1, 0.15) is 0 Å². The zero-order valence-corrected chi connectivity index (χ0v) is 11.4. The van der Waals surface area contributed by atoms with Crippen LogP contribution in [-0.4, -0.2) is 32.2 Å². The van der Waals surface area contributed by atoms with Crippen molar-refractivity contribution in [3.05, 3.63) is 29.8 Å². The number of para-hydroxylation sites is 1. The van der Waals surface area contributed by atoms with Crippen molar-refractivity contribution < 1.29 is 9.53 Å². The van der Waals surface area contributed by atoms with Crippen LogP contribution in [0.25, 0.3) is 0 Å². The predicted molar refractivity (Wildman–Crippen MR) is 76.4 cm³/mol. The lowest BCUT2D eigenvalue weighted by Gasteiger charge is -2.11. The quantitative estimate of drug-likeness (QED) is 0.740. The molecule has 0 fully saturated rings. The van der Waals surface area contributed by atoms with Crippen molar-refractivity contribution in [1.82, 2.24) is 5.32 Å². The summed E-state index contributed by atoms with van der Waals surface area (Å²) in [5.41, 5.74) is 2.18. The summed E-state index contributed by atoms with van der Waals surface area (Å²) in [4.78, 5) is 12.1. The molecule has 2 rings (SSSR count). The lowest BCUT2D eigenvalue weighted by molar-refractivity contribution is -0.122. The number of benzene rings is 1. The number of fused-ring (bicyclic) bond motifs is 1. The molecule has 4 nitrogen and oxygen atoms in total. The van der Waals surface area contributed by atoms with E-state index in [0.29, 0.717) is 19.7 Å². The highest BCUT2D eigenvalue weighted by molar-refractivity contribution is 5.88. The van der Waals surface area contributed by atoms with Gasteiger partial charge in [0.05, 0.1) is 5.92 Å². The van der Waals surface area contributed by atoms with Gasteiger partial charge in [0.2, 0.25) is 5.91 Å². The second-order valence-corrected chi connectivity index (χ2v) is 4.78. The Bertz CT molecular complexity index is 420. The number of carbonyl (C=O) groups is 1. The van der Waals surface area contributed by atoms with Crippen molar-refractivity contribution >= 4 is 11.6 Å². The smallest absolute Gasteiger partial charge is 0.229 e. The molecule has 0 aliphatic carbocycles. The minimum atomic E-state index is -0.0623. The first-order valence-electron chi connectivity index (χ1n) is 7.01. The van der Waals surface area contributed by atoms with Crippen LogP contribution in [0.15, 0.2) is 24.3 Å². The molecule has 1 aliphatic heterocycles. The summed E-state index contributed by atoms with van der Waals surface area (Å²) in [5, 5.41) is 6.25. The van der Waals surface area contributed by atoms with Crippen LogP contribution in [0.4, 0.5) is 5.69 Å². The van der Waals surface area contributed by atoms with Crippen LogP contribution in [0.1, 0.15) is 31.2 Å². The van der Waals surface area contributed by atoms with E-state index in [9.17, 15) is 4.79 Å². The van der Waals surface area contributed by atoms with Crippen molar-refractivity contribution in [2.45, 2.75) is 25.7 Å². The summed E-state index contributed by atoms with van der Waals surface area (Å²) in [6.07, 6.45) is 1.91. The van der Waals surface area contributed by atoms with Crippen molar-refractivity contribution in [1.29, 1.82) is 0 Å². The number of hydrogen-bond donors (Lipinski definition) is 2. The van der Waals surface area contributed by atoms with E-state index in [1.54, 1.807) is 0 Å². The Morgan fingerprint density at radius 2 is 2.26 bits per heavy atom. The monoisotopic (exact) mass is 262 g/mol. The lowest BCUT2D eigenvalue weighted by Crippen LogP contribution is -2.31. The van der Waals surface area contributed by atoms with Gasteiger partial charge in [-0.3, -0.25) is 4.79 Å². The third-order valence-corrected chi connectivity index (χ3v) is 3.26. The van der Waals surface area contributed by atoms with E-state index < -0.39 is 0 Å². The largest absolute Gasteiger partial charge is 0.384 e. The predicted octanol–water partition coefficient (Wildman–Crippen LogP) is 2.13. The molecular formula is C15H22N2O2. The number of ether oxygens (including phenoxy) is 1. The molecule has 1 aromatic rings. The molecule has 19 heavy (non-hydrogen) atoms. The molecule has 4 heteroatoms. The van der Waals surface area contributed by atoms with E-state index in [-0.39, 0.29) is 11.8 Å². The Labute approximate surface area is 114 Å². The van der Waals surface area contributed by atoms with Gasteiger partial charge in [-0.1, -0.05) is 25.1 Å². The molecule has 0 spiro atoms. The standard InChI is InChI=1S/C15H22N2O2/c1-2-9-19-10-5-8-16-15(18)13-11-17-14-7-4-3-6-12(13)14/h3-4,6-7,13,17H,2,5,8-11H2,1H3,(H,16,18). The molecular weight excluding hydrogens is 240 g/mol. The summed E-state index contributed by atoms with van der Waals surface area (Å²) in [7, 11) is 0.